The minimum Gasteiger partial charge on any atom is -0.281 e. The van der Waals surface area contributed by atoms with Crippen molar-refractivity contribution in [2.24, 2.45) is 4.99 Å². The summed E-state index contributed by atoms with van der Waals surface area (Å²) >= 11 is 5.12. The van der Waals surface area contributed by atoms with Gasteiger partial charge >= 0.3 is 0 Å². The van der Waals surface area contributed by atoms with E-state index in [1.54, 1.807) is 40.7 Å². The molecule has 1 aromatic heterocycles. The van der Waals surface area contributed by atoms with Crippen molar-refractivity contribution in [1.82, 2.24) is 14.5 Å². The second-order valence-electron chi connectivity index (χ2n) is 2.16. The van der Waals surface area contributed by atoms with Crippen LogP contribution >= 0.6 is 12.2 Å². The maximum absolute atomic E-state index is 5.12. The first-order valence-electron chi connectivity index (χ1n) is 3.30. The summed E-state index contributed by atoms with van der Waals surface area (Å²) in [6.45, 7) is 0. The average Bonchev–Trinajstić information content (AvgIpc) is 2.77. The molecule has 1 aromatic rings. The Hall–Kier alpha value is -1.58. The normalized spacial score (nSPS) is 13.5. The summed E-state index contributed by atoms with van der Waals surface area (Å²) in [4.78, 5) is 9.35. The molecule has 0 atom stereocenters. The first kappa shape index (κ1) is 7.09. The summed E-state index contributed by atoms with van der Waals surface area (Å²) in [7, 11) is 0. The van der Waals surface area contributed by atoms with Gasteiger partial charge in [-0.25, -0.2) is 4.98 Å². The quantitative estimate of drug-likeness (QED) is 0.430. The van der Waals surface area contributed by atoms with Crippen molar-refractivity contribution < 1.29 is 0 Å². The highest BCUT2D eigenvalue weighted by Crippen LogP contribution is 1.99. The highest BCUT2D eigenvalue weighted by molar-refractivity contribution is 7.80. The lowest BCUT2D eigenvalue weighted by Gasteiger charge is -2.05. The third kappa shape index (κ3) is 1.11. The molecule has 58 valence electrons. The Bertz CT molecular complexity index is 326. The molecule has 0 unspecified atom stereocenters. The van der Waals surface area contributed by atoms with Gasteiger partial charge in [0.2, 0.25) is 17.5 Å². The zero-order valence-electron chi connectivity index (χ0n) is 6.08. The molecule has 0 fully saturated rings. The Morgan fingerprint density at radius 1 is 1.50 bits per heavy atom. The first-order chi connectivity index (χ1) is 5.88. The summed E-state index contributed by atoms with van der Waals surface area (Å²) in [5, 5.41) is 0.612. The van der Waals surface area contributed by atoms with Crippen molar-refractivity contribution in [3.05, 3.63) is 31.1 Å². The predicted molar refractivity (Wildman–Crippen MR) is 48.4 cm³/mol. The van der Waals surface area contributed by atoms with Gasteiger partial charge in [0.1, 0.15) is 6.33 Å². The Morgan fingerprint density at radius 3 is 3.00 bits per heavy atom. The van der Waals surface area contributed by atoms with E-state index in [4.69, 9.17) is 12.2 Å². The van der Waals surface area contributed by atoms with Crippen molar-refractivity contribution in [3.63, 3.8) is 0 Å². The van der Waals surface area contributed by atoms with E-state index in [0.29, 0.717) is 5.11 Å². The minimum absolute atomic E-state index is 0.612. The predicted octanol–water partition coefficient (Wildman–Crippen LogP) is 0.634. The molecule has 1 aliphatic rings. The van der Waals surface area contributed by atoms with E-state index in [0.717, 1.165) is 0 Å². The zero-order valence-corrected chi connectivity index (χ0v) is 6.90. The van der Waals surface area contributed by atoms with Gasteiger partial charge in [-0.05, 0) is 12.2 Å². The molecule has 12 heavy (non-hydrogen) atoms. The Labute approximate surface area is 74.8 Å². The van der Waals surface area contributed by atoms with Crippen LogP contribution in [0.1, 0.15) is 0 Å². The van der Waals surface area contributed by atoms with Crippen molar-refractivity contribution >= 4 is 23.7 Å². The summed E-state index contributed by atoms with van der Waals surface area (Å²) in [5.41, 5.74) is 0. The largest absolute Gasteiger partial charge is 0.281 e. The Balaban J connectivity index is 2.21. The third-order valence-corrected chi connectivity index (χ3v) is 1.82. The lowest BCUT2D eigenvalue weighted by atomic mass is 10.7. The van der Waals surface area contributed by atoms with Crippen molar-refractivity contribution in [2.45, 2.75) is 0 Å². The minimum atomic E-state index is 0.612. The van der Waals surface area contributed by atoms with Gasteiger partial charge in [0, 0.05) is 17.4 Å². The maximum Gasteiger partial charge on any atom is 0.253 e. The second-order valence-corrected chi connectivity index (χ2v) is 2.53. The summed E-state index contributed by atoms with van der Waals surface area (Å²) in [6.07, 6.45) is 11.0. The van der Waals surface area contributed by atoms with Gasteiger partial charge in [0.15, 0.2) is 0 Å². The maximum atomic E-state index is 5.12. The third-order valence-electron chi connectivity index (χ3n) is 1.40. The number of rotatable bonds is 0. The van der Waals surface area contributed by atoms with E-state index in [-0.39, 0.29) is 0 Å². The molecule has 2 heterocycles. The molecule has 0 N–H and O–H groups in total. The van der Waals surface area contributed by atoms with Crippen LogP contribution in [-0.2, 0) is 0 Å². The van der Waals surface area contributed by atoms with Gasteiger partial charge in [-0.2, -0.15) is 4.90 Å². The molecule has 0 bridgehead atoms. The molecule has 0 saturated carbocycles. The molecule has 5 heteroatoms. The standard InChI is InChI=1S/C7H5N4S/c12-7(10-3-1-8-5-10)11-4-2-9-6-11/h1,3-6H/q+1. The van der Waals surface area contributed by atoms with Crippen molar-refractivity contribution in [2.75, 3.05) is 0 Å². The molecule has 4 nitrogen and oxygen atoms in total. The van der Waals surface area contributed by atoms with Gasteiger partial charge in [-0.1, -0.05) is 0 Å². The van der Waals surface area contributed by atoms with E-state index in [2.05, 4.69) is 16.2 Å². The second kappa shape index (κ2) is 2.81. The number of imidazole rings is 1. The molecule has 0 amide bonds. The Kier molecular flexibility index (Phi) is 1.66. The molecule has 0 aromatic carbocycles. The molecular weight excluding hydrogens is 172 g/mol. The van der Waals surface area contributed by atoms with Gasteiger partial charge in [0.25, 0.3) is 6.34 Å². The highest BCUT2D eigenvalue weighted by atomic mass is 32.1. The fourth-order valence-electron chi connectivity index (χ4n) is 0.835. The zero-order chi connectivity index (χ0) is 8.39. The van der Waals surface area contributed by atoms with E-state index >= 15 is 0 Å². The molecule has 0 saturated heterocycles. The summed E-state index contributed by atoms with van der Waals surface area (Å²) in [5.74, 6) is 0. The molecular formula is C7H5N4S+. The molecule has 0 aliphatic carbocycles. The van der Waals surface area contributed by atoms with Crippen LogP contribution in [0, 0.1) is 6.20 Å². The fraction of sp³-hybridized carbons (Fsp3) is 0. The van der Waals surface area contributed by atoms with Crippen LogP contribution in [0.25, 0.3) is 0 Å². The van der Waals surface area contributed by atoms with E-state index in [1.165, 1.54) is 0 Å². The van der Waals surface area contributed by atoms with Crippen LogP contribution in [0.15, 0.2) is 29.9 Å². The number of thiocarbonyl (C=S) groups is 1. The van der Waals surface area contributed by atoms with Crippen molar-refractivity contribution in [3.8, 4) is 0 Å². The average molecular weight is 177 g/mol. The number of nitrogens with zero attached hydrogens (tertiary/aromatic N) is 4. The number of aromatic nitrogens is 2. The van der Waals surface area contributed by atoms with Gasteiger partial charge in [0.05, 0.1) is 0 Å². The fourth-order valence-corrected chi connectivity index (χ4v) is 1.04. The van der Waals surface area contributed by atoms with E-state index in [9.17, 15) is 0 Å². The lowest BCUT2D eigenvalue weighted by Crippen LogP contribution is -2.26. The molecule has 1 aliphatic heterocycles. The number of hydrogen-bond donors (Lipinski definition) is 0. The summed E-state index contributed by atoms with van der Waals surface area (Å²) in [6, 6.07) is 0. The van der Waals surface area contributed by atoms with Gasteiger partial charge in [-0.15, -0.1) is 0 Å². The van der Waals surface area contributed by atoms with Crippen LogP contribution in [-0.4, -0.2) is 25.9 Å². The van der Waals surface area contributed by atoms with E-state index in [1.807, 2.05) is 0 Å². The number of aliphatic imine (C=N–C) groups is 1. The monoisotopic (exact) mass is 177 g/mol. The lowest BCUT2D eigenvalue weighted by molar-refractivity contribution is 0.836. The topological polar surface area (TPSA) is 33.4 Å². The SMILES string of the molecule is S=C(N1C=[C+]N=C1)n1ccnc1. The molecule has 0 spiro atoms. The van der Waals surface area contributed by atoms with Crippen LogP contribution in [0.5, 0.6) is 0 Å². The highest BCUT2D eigenvalue weighted by Gasteiger charge is 2.15. The number of hydrogen-bond acceptors (Lipinski definition) is 3. The van der Waals surface area contributed by atoms with Crippen LogP contribution in [0.4, 0.5) is 0 Å². The van der Waals surface area contributed by atoms with Crippen LogP contribution in [0.3, 0.4) is 0 Å². The van der Waals surface area contributed by atoms with Crippen LogP contribution in [0.2, 0.25) is 0 Å². The van der Waals surface area contributed by atoms with Gasteiger partial charge in [-0.3, -0.25) is 4.57 Å². The summed E-state index contributed by atoms with van der Waals surface area (Å²) < 4.78 is 1.73. The molecule has 2 rings (SSSR count). The van der Waals surface area contributed by atoms with Crippen LogP contribution < -0.4 is 0 Å². The van der Waals surface area contributed by atoms with E-state index < -0.39 is 0 Å². The Morgan fingerprint density at radius 2 is 2.42 bits per heavy atom. The smallest absolute Gasteiger partial charge is 0.253 e. The van der Waals surface area contributed by atoms with Gasteiger partial charge < -0.3 is 0 Å². The first-order valence-corrected chi connectivity index (χ1v) is 3.71. The molecule has 0 radical (unpaired) electrons. The van der Waals surface area contributed by atoms with Crippen molar-refractivity contribution in [1.29, 1.82) is 0 Å².